The molecule has 3 unspecified atom stereocenters. The molecule has 2 bridgehead atoms. The summed E-state index contributed by atoms with van der Waals surface area (Å²) in [7, 11) is 4.08. The summed E-state index contributed by atoms with van der Waals surface area (Å²) >= 11 is 1.72. The quantitative estimate of drug-likeness (QED) is 0.907. The van der Waals surface area contributed by atoms with Gasteiger partial charge in [0.2, 0.25) is 5.91 Å². The number of likely N-dealkylation sites (N-methyl/N-ethyl adjacent to an activating group) is 1. The summed E-state index contributed by atoms with van der Waals surface area (Å²) in [5, 5.41) is 5.19. The van der Waals surface area contributed by atoms with Crippen molar-refractivity contribution in [1.29, 1.82) is 0 Å². The predicted molar refractivity (Wildman–Crippen MR) is 87.7 cm³/mol. The van der Waals surface area contributed by atoms with Gasteiger partial charge < -0.3 is 10.2 Å². The van der Waals surface area contributed by atoms with Crippen LogP contribution < -0.4 is 5.32 Å². The second kappa shape index (κ2) is 6.50. The number of nitrogens with zero attached hydrogens (tertiary/aromatic N) is 1. The molecule has 22 heavy (non-hydrogen) atoms. The number of rotatable bonds is 5. The lowest BCUT2D eigenvalue weighted by Gasteiger charge is -2.28. The largest absolute Gasteiger partial charge is 0.354 e. The zero-order valence-corrected chi connectivity index (χ0v) is 14.1. The highest BCUT2D eigenvalue weighted by molar-refractivity contribution is 7.10. The second-order valence-corrected chi connectivity index (χ2v) is 7.76. The summed E-state index contributed by atoms with van der Waals surface area (Å²) < 4.78 is 0. The minimum absolute atomic E-state index is 0.0290. The van der Waals surface area contributed by atoms with Crippen molar-refractivity contribution in [3.8, 4) is 0 Å². The van der Waals surface area contributed by atoms with Gasteiger partial charge in [-0.05, 0) is 51.2 Å². The van der Waals surface area contributed by atoms with Crippen molar-refractivity contribution >= 4 is 23.0 Å². The summed E-state index contributed by atoms with van der Waals surface area (Å²) in [6, 6.07) is 4.37. The highest BCUT2D eigenvalue weighted by atomic mass is 32.1. The lowest BCUT2D eigenvalue weighted by atomic mass is 9.79. The molecule has 4 nitrogen and oxygen atoms in total. The van der Waals surface area contributed by atoms with Crippen LogP contribution in [0.3, 0.4) is 0 Å². The van der Waals surface area contributed by atoms with Gasteiger partial charge in [-0.1, -0.05) is 6.07 Å². The van der Waals surface area contributed by atoms with Crippen molar-refractivity contribution in [3.05, 3.63) is 22.4 Å². The summed E-state index contributed by atoms with van der Waals surface area (Å²) in [6.45, 7) is 0.631. The van der Waals surface area contributed by atoms with Crippen molar-refractivity contribution < 1.29 is 9.59 Å². The van der Waals surface area contributed by atoms with Gasteiger partial charge in [-0.2, -0.15) is 0 Å². The van der Waals surface area contributed by atoms with Crippen LogP contribution >= 0.6 is 11.3 Å². The normalized spacial score (nSPS) is 28.9. The number of ketones is 1. The number of nitrogens with one attached hydrogen (secondary N) is 1. The number of thiophene rings is 1. The third-order valence-corrected chi connectivity index (χ3v) is 6.12. The molecular weight excluding hydrogens is 296 g/mol. The number of hydrogen-bond donors (Lipinski definition) is 1. The monoisotopic (exact) mass is 320 g/mol. The van der Waals surface area contributed by atoms with Crippen molar-refractivity contribution in [2.24, 2.45) is 17.8 Å². The first-order chi connectivity index (χ1) is 10.6. The summed E-state index contributed by atoms with van der Waals surface area (Å²) in [4.78, 5) is 27.8. The average molecular weight is 320 g/mol. The van der Waals surface area contributed by atoms with E-state index in [0.717, 1.165) is 25.7 Å². The fourth-order valence-electron chi connectivity index (χ4n) is 3.85. The van der Waals surface area contributed by atoms with E-state index < -0.39 is 0 Å². The van der Waals surface area contributed by atoms with Gasteiger partial charge in [0.05, 0.1) is 6.04 Å². The Balaban J connectivity index is 1.57. The summed E-state index contributed by atoms with van der Waals surface area (Å²) in [5.41, 5.74) is 0. The van der Waals surface area contributed by atoms with Crippen molar-refractivity contribution in [2.75, 3.05) is 20.6 Å². The first-order valence-electron chi connectivity index (χ1n) is 8.07. The lowest BCUT2D eigenvalue weighted by Crippen LogP contribution is -2.40. The van der Waals surface area contributed by atoms with Crippen LogP contribution in [-0.4, -0.2) is 37.2 Å². The lowest BCUT2D eigenvalue weighted by molar-refractivity contribution is -0.132. The number of carbonyl (C=O) groups is 2. The van der Waals surface area contributed by atoms with E-state index in [1.165, 1.54) is 4.88 Å². The van der Waals surface area contributed by atoms with E-state index in [1.807, 2.05) is 20.2 Å². The molecule has 1 N–H and O–H groups in total. The van der Waals surface area contributed by atoms with E-state index in [2.05, 4.69) is 21.7 Å². The van der Waals surface area contributed by atoms with Gasteiger partial charge in [0.15, 0.2) is 0 Å². The highest BCUT2D eigenvalue weighted by Gasteiger charge is 2.43. The Morgan fingerprint density at radius 1 is 1.36 bits per heavy atom. The van der Waals surface area contributed by atoms with E-state index >= 15 is 0 Å². The third-order valence-electron chi connectivity index (χ3n) is 5.14. The van der Waals surface area contributed by atoms with Crippen LogP contribution in [0, 0.1) is 17.8 Å². The van der Waals surface area contributed by atoms with Crippen LogP contribution in [0.1, 0.15) is 36.6 Å². The number of Topliss-reactive ketones (excluding diaryl/α,β-unsaturated/α-hetero) is 1. The molecule has 0 aliphatic heterocycles. The van der Waals surface area contributed by atoms with Gasteiger partial charge >= 0.3 is 0 Å². The Morgan fingerprint density at radius 3 is 2.59 bits per heavy atom. The van der Waals surface area contributed by atoms with Crippen LogP contribution in [-0.2, 0) is 9.59 Å². The molecule has 0 radical (unpaired) electrons. The van der Waals surface area contributed by atoms with Crippen molar-refractivity contribution in [3.63, 3.8) is 0 Å². The standard InChI is InChI=1S/C17H24N2O2S/c1-19(2)14(15-4-3-7-22-15)10-18-17(21)13-8-11-5-6-12(9-13)16(11)20/h3-4,7,11-14H,5-6,8-10H2,1-2H3,(H,18,21). The van der Waals surface area contributed by atoms with Crippen LogP contribution in [0.15, 0.2) is 17.5 Å². The molecule has 0 spiro atoms. The summed E-state index contributed by atoms with van der Waals surface area (Å²) in [5.74, 6) is 0.871. The fourth-order valence-corrected chi connectivity index (χ4v) is 4.77. The smallest absolute Gasteiger partial charge is 0.223 e. The van der Waals surface area contributed by atoms with E-state index in [9.17, 15) is 9.59 Å². The van der Waals surface area contributed by atoms with Gasteiger partial charge in [0, 0.05) is 29.2 Å². The number of fused-ring (bicyclic) bond motifs is 2. The average Bonchev–Trinajstić information content (AvgIpc) is 3.05. The van der Waals surface area contributed by atoms with E-state index in [1.54, 1.807) is 11.3 Å². The maximum Gasteiger partial charge on any atom is 0.223 e. The molecule has 1 amide bonds. The number of hydrogen-bond acceptors (Lipinski definition) is 4. The molecule has 2 fully saturated rings. The van der Waals surface area contributed by atoms with E-state index in [0.29, 0.717) is 12.3 Å². The molecule has 2 saturated carbocycles. The minimum Gasteiger partial charge on any atom is -0.354 e. The van der Waals surface area contributed by atoms with Crippen LogP contribution in [0.5, 0.6) is 0 Å². The first-order valence-corrected chi connectivity index (χ1v) is 8.95. The zero-order valence-electron chi connectivity index (χ0n) is 13.2. The van der Waals surface area contributed by atoms with E-state index in [-0.39, 0.29) is 29.7 Å². The van der Waals surface area contributed by atoms with Crippen LogP contribution in [0.2, 0.25) is 0 Å². The topological polar surface area (TPSA) is 49.4 Å². The molecule has 2 aliphatic rings. The van der Waals surface area contributed by atoms with Gasteiger partial charge in [-0.3, -0.25) is 9.59 Å². The van der Waals surface area contributed by atoms with Gasteiger partial charge in [0.25, 0.3) is 0 Å². The molecule has 2 aliphatic carbocycles. The maximum absolute atomic E-state index is 12.5. The molecular formula is C17H24N2O2S. The SMILES string of the molecule is CN(C)C(CNC(=O)C1CC2CCC(C1)C2=O)c1cccs1. The Bertz CT molecular complexity index is 525. The van der Waals surface area contributed by atoms with Crippen LogP contribution in [0.25, 0.3) is 0 Å². The van der Waals surface area contributed by atoms with Crippen molar-refractivity contribution in [2.45, 2.75) is 31.7 Å². The molecule has 3 atom stereocenters. The Labute approximate surface area is 135 Å². The molecule has 1 aromatic heterocycles. The van der Waals surface area contributed by atoms with Gasteiger partial charge in [-0.25, -0.2) is 0 Å². The molecule has 1 heterocycles. The molecule has 0 aromatic carbocycles. The van der Waals surface area contributed by atoms with Crippen LogP contribution in [0.4, 0.5) is 0 Å². The molecule has 1 aromatic rings. The first kappa shape index (κ1) is 15.7. The highest BCUT2D eigenvalue weighted by Crippen LogP contribution is 2.42. The van der Waals surface area contributed by atoms with Crippen molar-refractivity contribution in [1.82, 2.24) is 10.2 Å². The fraction of sp³-hybridized carbons (Fsp3) is 0.647. The zero-order chi connectivity index (χ0) is 15.7. The Hall–Kier alpha value is -1.20. The van der Waals surface area contributed by atoms with Gasteiger partial charge in [0.1, 0.15) is 5.78 Å². The minimum atomic E-state index is 0.0290. The molecule has 3 rings (SSSR count). The number of amides is 1. The van der Waals surface area contributed by atoms with Gasteiger partial charge in [-0.15, -0.1) is 11.3 Å². The molecule has 5 heteroatoms. The summed E-state index contributed by atoms with van der Waals surface area (Å²) in [6.07, 6.45) is 3.49. The molecule has 0 saturated heterocycles. The Kier molecular flexibility index (Phi) is 4.64. The maximum atomic E-state index is 12.5. The second-order valence-electron chi connectivity index (χ2n) is 6.78. The predicted octanol–water partition coefficient (Wildman–Crippen LogP) is 2.47. The van der Waals surface area contributed by atoms with E-state index in [4.69, 9.17) is 0 Å². The Morgan fingerprint density at radius 2 is 2.05 bits per heavy atom. The number of carbonyl (C=O) groups excluding carboxylic acids is 2. The third kappa shape index (κ3) is 3.10. The molecule has 120 valence electrons.